The number of benzene rings is 1. The number of nitrogens with one attached hydrogen (secondary N) is 1. The molecule has 2 rings (SSSR count). The third-order valence-electron chi connectivity index (χ3n) is 4.59. The number of likely N-dealkylation sites (tertiary alicyclic amines) is 1. The maximum Gasteiger partial charge on any atom is 0.225 e. The number of hydrogen-bond acceptors (Lipinski definition) is 3. The summed E-state index contributed by atoms with van der Waals surface area (Å²) in [5, 5.41) is 12.7. The van der Waals surface area contributed by atoms with Crippen molar-refractivity contribution in [3.8, 4) is 0 Å². The number of amides is 2. The van der Waals surface area contributed by atoms with Crippen molar-refractivity contribution in [2.75, 3.05) is 13.1 Å². The molecule has 126 valence electrons. The predicted octanol–water partition coefficient (Wildman–Crippen LogP) is 1.56. The van der Waals surface area contributed by atoms with Gasteiger partial charge >= 0.3 is 0 Å². The van der Waals surface area contributed by atoms with Crippen LogP contribution in [0.15, 0.2) is 30.3 Å². The van der Waals surface area contributed by atoms with Crippen molar-refractivity contribution < 1.29 is 14.7 Å². The molecule has 1 saturated heterocycles. The molecule has 2 N–H and O–H groups in total. The average Bonchev–Trinajstić information content (AvgIpc) is 2.93. The highest BCUT2D eigenvalue weighted by Gasteiger charge is 2.34. The van der Waals surface area contributed by atoms with E-state index in [0.717, 1.165) is 12.0 Å². The summed E-state index contributed by atoms with van der Waals surface area (Å²) < 4.78 is 0. The van der Waals surface area contributed by atoms with Gasteiger partial charge in [0.1, 0.15) is 0 Å². The van der Waals surface area contributed by atoms with Crippen molar-refractivity contribution >= 4 is 11.8 Å². The standard InChI is InChI=1S/C18H26N2O3/c1-3-13(2)16(21)10-19-18(23)15-9-17(22)20(12-15)11-14-7-5-4-6-8-14/h4-8,13,15-16,21H,3,9-12H2,1-2H3,(H,19,23). The third kappa shape index (κ3) is 4.79. The van der Waals surface area contributed by atoms with Crippen molar-refractivity contribution in [1.82, 2.24) is 10.2 Å². The van der Waals surface area contributed by atoms with E-state index in [4.69, 9.17) is 0 Å². The lowest BCUT2D eigenvalue weighted by molar-refractivity contribution is -0.129. The van der Waals surface area contributed by atoms with Crippen LogP contribution in [0.5, 0.6) is 0 Å². The molecule has 3 unspecified atom stereocenters. The number of rotatable bonds is 7. The molecule has 0 aromatic heterocycles. The van der Waals surface area contributed by atoms with Crippen molar-refractivity contribution in [2.24, 2.45) is 11.8 Å². The Balaban J connectivity index is 1.83. The molecule has 1 aromatic carbocycles. The summed E-state index contributed by atoms with van der Waals surface area (Å²) in [4.78, 5) is 26.0. The van der Waals surface area contributed by atoms with E-state index in [1.54, 1.807) is 4.90 Å². The van der Waals surface area contributed by atoms with Gasteiger partial charge in [-0.05, 0) is 11.5 Å². The van der Waals surface area contributed by atoms with Crippen LogP contribution < -0.4 is 5.32 Å². The van der Waals surface area contributed by atoms with Crippen LogP contribution in [-0.2, 0) is 16.1 Å². The van der Waals surface area contributed by atoms with Gasteiger partial charge in [-0.1, -0.05) is 50.6 Å². The van der Waals surface area contributed by atoms with E-state index >= 15 is 0 Å². The number of hydrogen-bond donors (Lipinski definition) is 2. The average molecular weight is 318 g/mol. The Labute approximate surface area is 137 Å². The van der Waals surface area contributed by atoms with Crippen LogP contribution in [0.4, 0.5) is 0 Å². The van der Waals surface area contributed by atoms with E-state index < -0.39 is 6.10 Å². The molecule has 0 radical (unpaired) electrons. The first-order valence-electron chi connectivity index (χ1n) is 8.28. The zero-order valence-corrected chi connectivity index (χ0v) is 13.9. The highest BCUT2D eigenvalue weighted by Crippen LogP contribution is 2.20. The van der Waals surface area contributed by atoms with Gasteiger partial charge < -0.3 is 15.3 Å². The maximum absolute atomic E-state index is 12.2. The molecule has 1 aliphatic rings. The van der Waals surface area contributed by atoms with Crippen LogP contribution in [0.25, 0.3) is 0 Å². The monoisotopic (exact) mass is 318 g/mol. The second-order valence-electron chi connectivity index (χ2n) is 6.36. The number of aliphatic hydroxyl groups is 1. The Morgan fingerprint density at radius 1 is 1.39 bits per heavy atom. The SMILES string of the molecule is CCC(C)C(O)CNC(=O)C1CC(=O)N(Cc2ccccc2)C1. The second-order valence-corrected chi connectivity index (χ2v) is 6.36. The molecule has 5 heteroatoms. The van der Waals surface area contributed by atoms with Gasteiger partial charge in [0.25, 0.3) is 0 Å². The van der Waals surface area contributed by atoms with Crippen LogP contribution in [0.2, 0.25) is 0 Å². The molecule has 0 aliphatic carbocycles. The van der Waals surface area contributed by atoms with Gasteiger partial charge in [0.2, 0.25) is 11.8 Å². The first-order chi connectivity index (χ1) is 11.0. The summed E-state index contributed by atoms with van der Waals surface area (Å²) >= 11 is 0. The smallest absolute Gasteiger partial charge is 0.225 e. The van der Waals surface area contributed by atoms with E-state index in [1.165, 1.54) is 0 Å². The van der Waals surface area contributed by atoms with Crippen LogP contribution >= 0.6 is 0 Å². The Kier molecular flexibility index (Phi) is 6.16. The number of aliphatic hydroxyl groups excluding tert-OH is 1. The highest BCUT2D eigenvalue weighted by atomic mass is 16.3. The fourth-order valence-electron chi connectivity index (χ4n) is 2.73. The van der Waals surface area contributed by atoms with Gasteiger partial charge in [-0.3, -0.25) is 9.59 Å². The molecule has 0 spiro atoms. The van der Waals surface area contributed by atoms with E-state index in [-0.39, 0.29) is 36.6 Å². The summed E-state index contributed by atoms with van der Waals surface area (Å²) in [6.07, 6.45) is 0.573. The van der Waals surface area contributed by atoms with Crippen molar-refractivity contribution in [3.63, 3.8) is 0 Å². The minimum Gasteiger partial charge on any atom is -0.391 e. The largest absolute Gasteiger partial charge is 0.391 e. The highest BCUT2D eigenvalue weighted by molar-refractivity contribution is 5.89. The van der Waals surface area contributed by atoms with Gasteiger partial charge in [0.15, 0.2) is 0 Å². The molecule has 0 saturated carbocycles. The maximum atomic E-state index is 12.2. The molecular formula is C18H26N2O3. The van der Waals surface area contributed by atoms with Crippen LogP contribution in [0, 0.1) is 11.8 Å². The fourth-order valence-corrected chi connectivity index (χ4v) is 2.73. The minimum atomic E-state index is -0.540. The van der Waals surface area contributed by atoms with Crippen LogP contribution in [0.3, 0.4) is 0 Å². The predicted molar refractivity (Wildman–Crippen MR) is 88.4 cm³/mol. The van der Waals surface area contributed by atoms with Crippen LogP contribution in [0.1, 0.15) is 32.3 Å². The lowest BCUT2D eigenvalue weighted by Crippen LogP contribution is -2.39. The molecule has 1 fully saturated rings. The summed E-state index contributed by atoms with van der Waals surface area (Å²) in [6.45, 7) is 5.19. The van der Waals surface area contributed by atoms with Gasteiger partial charge in [-0.25, -0.2) is 0 Å². The quantitative estimate of drug-likeness (QED) is 0.801. The normalized spacial score (nSPS) is 20.4. The Morgan fingerprint density at radius 3 is 2.74 bits per heavy atom. The zero-order valence-electron chi connectivity index (χ0n) is 13.9. The molecule has 1 heterocycles. The van der Waals surface area contributed by atoms with Crippen LogP contribution in [-0.4, -0.2) is 41.0 Å². The lowest BCUT2D eigenvalue weighted by Gasteiger charge is -2.19. The van der Waals surface area contributed by atoms with Gasteiger partial charge in [-0.2, -0.15) is 0 Å². The van der Waals surface area contributed by atoms with E-state index in [1.807, 2.05) is 44.2 Å². The molecule has 0 bridgehead atoms. The first-order valence-corrected chi connectivity index (χ1v) is 8.28. The Hall–Kier alpha value is -1.88. The second kappa shape index (κ2) is 8.11. The summed E-state index contributed by atoms with van der Waals surface area (Å²) in [5.41, 5.74) is 1.06. The Morgan fingerprint density at radius 2 is 2.09 bits per heavy atom. The molecule has 3 atom stereocenters. The van der Waals surface area contributed by atoms with Crippen molar-refractivity contribution in [1.29, 1.82) is 0 Å². The number of carbonyl (C=O) groups is 2. The zero-order chi connectivity index (χ0) is 16.8. The lowest BCUT2D eigenvalue weighted by atomic mass is 10.0. The summed E-state index contributed by atoms with van der Waals surface area (Å²) in [5.74, 6) is -0.307. The van der Waals surface area contributed by atoms with Gasteiger partial charge in [-0.15, -0.1) is 0 Å². The fraction of sp³-hybridized carbons (Fsp3) is 0.556. The molecule has 23 heavy (non-hydrogen) atoms. The van der Waals surface area contributed by atoms with E-state index in [0.29, 0.717) is 13.1 Å². The van der Waals surface area contributed by atoms with Gasteiger partial charge in [0.05, 0.1) is 12.0 Å². The Bertz CT molecular complexity index is 532. The molecular weight excluding hydrogens is 292 g/mol. The molecule has 1 aromatic rings. The first kappa shape index (κ1) is 17.5. The number of carbonyl (C=O) groups excluding carboxylic acids is 2. The summed E-state index contributed by atoms with van der Waals surface area (Å²) in [7, 11) is 0. The van der Waals surface area contributed by atoms with E-state index in [2.05, 4.69) is 5.32 Å². The molecule has 1 aliphatic heterocycles. The minimum absolute atomic E-state index is 0.0106. The number of nitrogens with zero attached hydrogens (tertiary/aromatic N) is 1. The topological polar surface area (TPSA) is 69.6 Å². The molecule has 2 amide bonds. The van der Waals surface area contributed by atoms with Gasteiger partial charge in [0, 0.05) is 26.1 Å². The van der Waals surface area contributed by atoms with E-state index in [9.17, 15) is 14.7 Å². The van der Waals surface area contributed by atoms with Crippen molar-refractivity contribution in [3.05, 3.63) is 35.9 Å². The van der Waals surface area contributed by atoms with Crippen molar-refractivity contribution in [2.45, 2.75) is 39.3 Å². The molecule has 5 nitrogen and oxygen atoms in total. The summed E-state index contributed by atoms with van der Waals surface area (Å²) in [6, 6.07) is 9.77. The third-order valence-corrected chi connectivity index (χ3v) is 4.59.